The van der Waals surface area contributed by atoms with Gasteiger partial charge in [-0.05, 0) is 24.3 Å². The lowest BCUT2D eigenvalue weighted by Gasteiger charge is -2.28. The van der Waals surface area contributed by atoms with Crippen molar-refractivity contribution >= 4 is 11.6 Å². The fourth-order valence-corrected chi connectivity index (χ4v) is 3.14. The van der Waals surface area contributed by atoms with Crippen LogP contribution in [0.2, 0.25) is 0 Å². The van der Waals surface area contributed by atoms with E-state index in [1.165, 1.54) is 0 Å². The highest BCUT2D eigenvalue weighted by Crippen LogP contribution is 2.36. The van der Waals surface area contributed by atoms with Crippen molar-refractivity contribution in [2.45, 2.75) is 6.42 Å². The summed E-state index contributed by atoms with van der Waals surface area (Å²) in [4.78, 5) is 18.4. The molecule has 0 saturated heterocycles. The number of rotatable bonds is 6. The van der Waals surface area contributed by atoms with E-state index in [0.717, 1.165) is 5.69 Å². The highest BCUT2D eigenvalue weighted by atomic mass is 16.5. The predicted molar refractivity (Wildman–Crippen MR) is 101 cm³/mol. The van der Waals surface area contributed by atoms with Crippen molar-refractivity contribution in [3.63, 3.8) is 0 Å². The molecule has 8 nitrogen and oxygen atoms in total. The van der Waals surface area contributed by atoms with Crippen LogP contribution in [0.5, 0.6) is 17.2 Å². The van der Waals surface area contributed by atoms with Crippen LogP contribution in [-0.2, 0) is 11.2 Å². The number of aromatic nitrogens is 2. The van der Waals surface area contributed by atoms with E-state index < -0.39 is 0 Å². The van der Waals surface area contributed by atoms with Crippen molar-refractivity contribution in [3.05, 3.63) is 48.4 Å². The van der Waals surface area contributed by atoms with Crippen molar-refractivity contribution in [2.24, 2.45) is 0 Å². The van der Waals surface area contributed by atoms with Crippen LogP contribution in [0.1, 0.15) is 5.89 Å². The molecule has 144 valence electrons. The van der Waals surface area contributed by atoms with Crippen LogP contribution < -0.4 is 19.1 Å². The lowest BCUT2D eigenvalue weighted by Crippen LogP contribution is -2.40. The number of nitrogens with zero attached hydrogens (tertiary/aromatic N) is 3. The number of benzene rings is 2. The maximum absolute atomic E-state index is 12.3. The molecular weight excluding hydrogens is 362 g/mol. The number of ether oxygens (including phenoxy) is 3. The van der Waals surface area contributed by atoms with Crippen LogP contribution >= 0.6 is 0 Å². The van der Waals surface area contributed by atoms with E-state index in [-0.39, 0.29) is 12.5 Å². The van der Waals surface area contributed by atoms with E-state index in [1.807, 2.05) is 30.3 Å². The minimum absolute atomic E-state index is 0.0184. The Bertz CT molecular complexity index is 979. The predicted octanol–water partition coefficient (Wildman–Crippen LogP) is 2.72. The Morgan fingerprint density at radius 3 is 2.57 bits per heavy atom. The summed E-state index contributed by atoms with van der Waals surface area (Å²) in [6.07, 6.45) is 0.407. The first-order valence-electron chi connectivity index (χ1n) is 8.77. The summed E-state index contributed by atoms with van der Waals surface area (Å²) in [5.41, 5.74) is 1.36. The minimum Gasteiger partial charge on any atom is -0.496 e. The third-order valence-electron chi connectivity index (χ3n) is 4.48. The van der Waals surface area contributed by atoms with Gasteiger partial charge in [-0.15, -0.1) is 0 Å². The zero-order valence-corrected chi connectivity index (χ0v) is 15.5. The van der Waals surface area contributed by atoms with Crippen LogP contribution in [0.25, 0.3) is 11.4 Å². The van der Waals surface area contributed by atoms with Gasteiger partial charge in [0.25, 0.3) is 5.91 Å². The second kappa shape index (κ2) is 7.59. The molecule has 0 N–H and O–H groups in total. The van der Waals surface area contributed by atoms with Crippen molar-refractivity contribution in [1.82, 2.24) is 10.1 Å². The van der Waals surface area contributed by atoms with Crippen molar-refractivity contribution in [1.29, 1.82) is 0 Å². The SMILES string of the molecule is COc1cccc(OC)c1-c1noc(CCN2C(=O)COc3ccccc32)n1. The lowest BCUT2D eigenvalue weighted by molar-refractivity contribution is -0.121. The summed E-state index contributed by atoms with van der Waals surface area (Å²) < 4.78 is 21.6. The Hall–Kier alpha value is -3.55. The highest BCUT2D eigenvalue weighted by Gasteiger charge is 2.26. The Morgan fingerprint density at radius 2 is 1.82 bits per heavy atom. The van der Waals surface area contributed by atoms with Gasteiger partial charge >= 0.3 is 0 Å². The fourth-order valence-electron chi connectivity index (χ4n) is 3.14. The molecule has 1 aliphatic rings. The molecule has 0 aliphatic carbocycles. The maximum Gasteiger partial charge on any atom is 0.265 e. The molecule has 2 aromatic carbocycles. The molecule has 3 aromatic rings. The van der Waals surface area contributed by atoms with E-state index in [9.17, 15) is 4.79 Å². The van der Waals surface area contributed by atoms with Gasteiger partial charge in [0.05, 0.1) is 19.9 Å². The number of methoxy groups -OCH3 is 2. The van der Waals surface area contributed by atoms with Gasteiger partial charge in [-0.25, -0.2) is 0 Å². The Morgan fingerprint density at radius 1 is 1.07 bits per heavy atom. The molecule has 1 amide bonds. The van der Waals surface area contributed by atoms with E-state index in [4.69, 9.17) is 18.7 Å². The number of hydrogen-bond acceptors (Lipinski definition) is 7. The number of carbonyl (C=O) groups excluding carboxylic acids is 1. The number of anilines is 1. The maximum atomic E-state index is 12.3. The average molecular weight is 381 g/mol. The molecule has 0 radical (unpaired) electrons. The molecule has 1 aromatic heterocycles. The first-order chi connectivity index (χ1) is 13.7. The van der Waals surface area contributed by atoms with Crippen molar-refractivity contribution in [2.75, 3.05) is 32.3 Å². The highest BCUT2D eigenvalue weighted by molar-refractivity contribution is 5.97. The first kappa shape index (κ1) is 17.8. The normalized spacial score (nSPS) is 13.1. The fraction of sp³-hybridized carbons (Fsp3) is 0.250. The van der Waals surface area contributed by atoms with Crippen molar-refractivity contribution < 1.29 is 23.5 Å². The van der Waals surface area contributed by atoms with E-state index in [1.54, 1.807) is 31.3 Å². The zero-order valence-electron chi connectivity index (χ0n) is 15.5. The molecule has 28 heavy (non-hydrogen) atoms. The minimum atomic E-state index is -0.107. The standard InChI is InChI=1S/C20H19N3O5/c1-25-15-8-5-9-16(26-2)19(15)20-21-17(28-22-20)10-11-23-13-6-3-4-7-14(13)27-12-18(23)24/h3-9H,10-12H2,1-2H3. The summed E-state index contributed by atoms with van der Waals surface area (Å²) in [5.74, 6) is 2.54. The summed E-state index contributed by atoms with van der Waals surface area (Å²) in [6.45, 7) is 0.425. The first-order valence-corrected chi connectivity index (χ1v) is 8.77. The largest absolute Gasteiger partial charge is 0.496 e. The van der Waals surface area contributed by atoms with Crippen LogP contribution in [0.3, 0.4) is 0 Å². The van der Waals surface area contributed by atoms with E-state index >= 15 is 0 Å². The number of amides is 1. The van der Waals surface area contributed by atoms with E-state index in [2.05, 4.69) is 10.1 Å². The molecule has 0 fully saturated rings. The molecule has 0 bridgehead atoms. The Kier molecular flexibility index (Phi) is 4.84. The Balaban J connectivity index is 1.55. The molecule has 0 unspecified atom stereocenters. The van der Waals surface area contributed by atoms with Crippen LogP contribution in [0, 0.1) is 0 Å². The smallest absolute Gasteiger partial charge is 0.265 e. The van der Waals surface area contributed by atoms with Gasteiger partial charge in [0, 0.05) is 13.0 Å². The third-order valence-corrected chi connectivity index (χ3v) is 4.48. The van der Waals surface area contributed by atoms with Gasteiger partial charge in [0.2, 0.25) is 11.7 Å². The molecule has 2 heterocycles. The molecular formula is C20H19N3O5. The topological polar surface area (TPSA) is 86.9 Å². The summed E-state index contributed by atoms with van der Waals surface area (Å²) in [5, 5.41) is 4.06. The molecule has 1 aliphatic heterocycles. The quantitative estimate of drug-likeness (QED) is 0.649. The number of hydrogen-bond donors (Lipinski definition) is 0. The third kappa shape index (κ3) is 3.24. The molecule has 4 rings (SSSR count). The second-order valence-corrected chi connectivity index (χ2v) is 6.10. The van der Waals surface area contributed by atoms with Gasteiger partial charge < -0.3 is 23.6 Å². The summed E-state index contributed by atoms with van der Waals surface area (Å²) in [7, 11) is 3.14. The van der Waals surface area contributed by atoms with Crippen molar-refractivity contribution in [3.8, 4) is 28.6 Å². The lowest BCUT2D eigenvalue weighted by atomic mass is 10.1. The van der Waals surface area contributed by atoms with Gasteiger partial charge in [-0.2, -0.15) is 4.98 Å². The van der Waals surface area contributed by atoms with Gasteiger partial charge in [-0.3, -0.25) is 4.79 Å². The zero-order chi connectivity index (χ0) is 19.5. The Labute approximate surface area is 161 Å². The summed E-state index contributed by atoms with van der Waals surface area (Å²) >= 11 is 0. The average Bonchev–Trinajstić information content (AvgIpc) is 3.20. The van der Waals surface area contributed by atoms with Crippen LogP contribution in [0.15, 0.2) is 47.0 Å². The molecule has 8 heteroatoms. The summed E-state index contributed by atoms with van der Waals surface area (Å²) in [6, 6.07) is 12.9. The molecule has 0 saturated carbocycles. The monoisotopic (exact) mass is 381 g/mol. The van der Waals surface area contributed by atoms with Crippen LogP contribution in [-0.4, -0.2) is 43.4 Å². The number of para-hydroxylation sites is 2. The number of fused-ring (bicyclic) bond motifs is 1. The van der Waals surface area contributed by atoms with Gasteiger partial charge in [-0.1, -0.05) is 23.4 Å². The molecule has 0 spiro atoms. The number of carbonyl (C=O) groups is 1. The van der Waals surface area contributed by atoms with Crippen LogP contribution in [0.4, 0.5) is 5.69 Å². The van der Waals surface area contributed by atoms with Gasteiger partial charge in [0.15, 0.2) is 6.61 Å². The second-order valence-electron chi connectivity index (χ2n) is 6.10. The molecule has 0 atom stereocenters. The van der Waals surface area contributed by atoms with E-state index in [0.29, 0.717) is 47.5 Å². The van der Waals surface area contributed by atoms with Gasteiger partial charge in [0.1, 0.15) is 22.8 Å².